The predicted molar refractivity (Wildman–Crippen MR) is 97.4 cm³/mol. The molecule has 25 heavy (non-hydrogen) atoms. The van der Waals surface area contributed by atoms with E-state index in [0.29, 0.717) is 12.2 Å². The molecule has 2 aromatic rings. The smallest absolute Gasteiger partial charge is 0.258 e. The Morgan fingerprint density at radius 2 is 1.76 bits per heavy atom. The van der Waals surface area contributed by atoms with Gasteiger partial charge in [0.15, 0.2) is 16.4 Å². The first-order valence-corrected chi connectivity index (χ1v) is 9.98. The molecule has 1 unspecified atom stereocenters. The van der Waals surface area contributed by atoms with Gasteiger partial charge < -0.3 is 10.1 Å². The molecule has 2 rings (SSSR count). The van der Waals surface area contributed by atoms with Crippen LogP contribution >= 0.6 is 0 Å². The van der Waals surface area contributed by atoms with Gasteiger partial charge in [-0.2, -0.15) is 0 Å². The highest BCUT2D eigenvalue weighted by atomic mass is 32.2. The summed E-state index contributed by atoms with van der Waals surface area (Å²) in [6, 6.07) is 13.9. The number of hydrogen-bond donors (Lipinski definition) is 1. The molecule has 0 saturated heterocycles. The number of amides is 1. The Labute approximate surface area is 148 Å². The average Bonchev–Trinajstić information content (AvgIpc) is 2.58. The van der Waals surface area contributed by atoms with Gasteiger partial charge in [-0.05, 0) is 42.7 Å². The molecule has 5 nitrogen and oxygen atoms in total. The lowest BCUT2D eigenvalue weighted by Crippen LogP contribution is -2.32. The van der Waals surface area contributed by atoms with E-state index in [1.807, 2.05) is 38.1 Å². The summed E-state index contributed by atoms with van der Waals surface area (Å²) >= 11 is 0. The molecule has 134 valence electrons. The number of aryl methyl sites for hydroxylation is 1. The van der Waals surface area contributed by atoms with Crippen LogP contribution in [0.25, 0.3) is 0 Å². The molecule has 0 aliphatic carbocycles. The molecule has 2 aromatic carbocycles. The van der Waals surface area contributed by atoms with Crippen molar-refractivity contribution in [1.82, 2.24) is 5.32 Å². The third-order valence-electron chi connectivity index (χ3n) is 3.91. The number of benzene rings is 2. The van der Waals surface area contributed by atoms with Crippen LogP contribution in [0.1, 0.15) is 30.5 Å². The van der Waals surface area contributed by atoms with Gasteiger partial charge in [-0.3, -0.25) is 4.79 Å². The van der Waals surface area contributed by atoms with Gasteiger partial charge in [-0.25, -0.2) is 8.42 Å². The Bertz CT molecular complexity index is 829. The first-order valence-electron chi connectivity index (χ1n) is 8.09. The number of rotatable bonds is 7. The summed E-state index contributed by atoms with van der Waals surface area (Å²) < 4.78 is 28.6. The summed E-state index contributed by atoms with van der Waals surface area (Å²) in [7, 11) is -3.23. The van der Waals surface area contributed by atoms with Crippen molar-refractivity contribution in [2.75, 3.05) is 12.9 Å². The summed E-state index contributed by atoms with van der Waals surface area (Å²) in [6.07, 6.45) is 1.86. The normalized spacial score (nSPS) is 12.4. The zero-order chi connectivity index (χ0) is 18.4. The fourth-order valence-corrected chi connectivity index (χ4v) is 3.10. The molecule has 0 saturated carbocycles. The second-order valence-electron chi connectivity index (χ2n) is 5.92. The minimum absolute atomic E-state index is 0.0667. The van der Waals surface area contributed by atoms with E-state index in [1.54, 1.807) is 24.3 Å². The lowest BCUT2D eigenvalue weighted by Gasteiger charge is -2.18. The highest BCUT2D eigenvalue weighted by molar-refractivity contribution is 7.90. The van der Waals surface area contributed by atoms with Crippen LogP contribution in [0.15, 0.2) is 53.4 Å². The van der Waals surface area contributed by atoms with Gasteiger partial charge >= 0.3 is 0 Å². The van der Waals surface area contributed by atoms with E-state index in [1.165, 1.54) is 6.26 Å². The molecule has 0 radical (unpaired) electrons. The molecule has 0 fully saturated rings. The van der Waals surface area contributed by atoms with Gasteiger partial charge in [-0.15, -0.1) is 0 Å². The lowest BCUT2D eigenvalue weighted by molar-refractivity contribution is -0.123. The van der Waals surface area contributed by atoms with E-state index in [0.717, 1.165) is 11.1 Å². The van der Waals surface area contributed by atoms with Crippen LogP contribution in [0.3, 0.4) is 0 Å². The van der Waals surface area contributed by atoms with Gasteiger partial charge in [0.2, 0.25) is 0 Å². The van der Waals surface area contributed by atoms with Crippen LogP contribution in [-0.4, -0.2) is 27.2 Å². The van der Waals surface area contributed by atoms with Crippen molar-refractivity contribution < 1.29 is 17.9 Å². The molecular formula is C19H23NO4S. The van der Waals surface area contributed by atoms with Gasteiger partial charge in [0.05, 0.1) is 10.9 Å². The van der Waals surface area contributed by atoms with Crippen molar-refractivity contribution in [1.29, 1.82) is 0 Å². The molecule has 6 heteroatoms. The molecule has 0 aromatic heterocycles. The minimum atomic E-state index is -3.23. The summed E-state index contributed by atoms with van der Waals surface area (Å²) in [4.78, 5) is 12.4. The van der Waals surface area contributed by atoms with Crippen molar-refractivity contribution in [2.24, 2.45) is 0 Å². The Balaban J connectivity index is 1.99. The second kappa shape index (κ2) is 8.16. The van der Waals surface area contributed by atoms with Crippen molar-refractivity contribution >= 4 is 15.7 Å². The number of ether oxygens (including phenoxy) is 1. The number of hydrogen-bond acceptors (Lipinski definition) is 4. The topological polar surface area (TPSA) is 72.5 Å². The SMILES string of the molecule is CCC(NC(=O)COc1ccccc1C)c1ccc(S(C)(=O)=O)cc1. The van der Waals surface area contributed by atoms with Gasteiger partial charge in [0.1, 0.15) is 5.75 Å². The van der Waals surface area contributed by atoms with Crippen molar-refractivity contribution in [3.05, 3.63) is 59.7 Å². The monoisotopic (exact) mass is 361 g/mol. The fourth-order valence-electron chi connectivity index (χ4n) is 2.47. The fraction of sp³-hybridized carbons (Fsp3) is 0.316. The quantitative estimate of drug-likeness (QED) is 0.823. The number of para-hydroxylation sites is 1. The minimum Gasteiger partial charge on any atom is -0.484 e. The van der Waals surface area contributed by atoms with Gasteiger partial charge in [0, 0.05) is 6.26 Å². The maximum atomic E-state index is 12.2. The Hall–Kier alpha value is -2.34. The third kappa shape index (κ3) is 5.32. The van der Waals surface area contributed by atoms with Gasteiger partial charge in [0.25, 0.3) is 5.91 Å². The third-order valence-corrected chi connectivity index (χ3v) is 5.03. The van der Waals surface area contributed by atoms with E-state index in [-0.39, 0.29) is 23.5 Å². The molecule has 1 atom stereocenters. The molecule has 0 aliphatic heterocycles. The first kappa shape index (κ1) is 19.0. The number of nitrogens with one attached hydrogen (secondary N) is 1. The zero-order valence-corrected chi connectivity index (χ0v) is 15.5. The van der Waals surface area contributed by atoms with E-state index in [9.17, 15) is 13.2 Å². The Morgan fingerprint density at radius 1 is 1.12 bits per heavy atom. The Morgan fingerprint density at radius 3 is 2.32 bits per heavy atom. The number of sulfone groups is 1. The van der Waals surface area contributed by atoms with Crippen LogP contribution < -0.4 is 10.1 Å². The first-order chi connectivity index (χ1) is 11.8. The molecular weight excluding hydrogens is 338 g/mol. The highest BCUT2D eigenvalue weighted by Gasteiger charge is 2.15. The largest absolute Gasteiger partial charge is 0.484 e. The molecule has 1 amide bonds. The second-order valence-corrected chi connectivity index (χ2v) is 7.94. The predicted octanol–water partition coefficient (Wildman–Crippen LogP) is 3.04. The number of carbonyl (C=O) groups excluding carboxylic acids is 1. The van der Waals surface area contributed by atoms with Crippen LogP contribution in [0.4, 0.5) is 0 Å². The summed E-state index contributed by atoms with van der Waals surface area (Å²) in [5, 5.41) is 2.92. The average molecular weight is 361 g/mol. The maximum absolute atomic E-state index is 12.2. The summed E-state index contributed by atoms with van der Waals surface area (Å²) in [5.41, 5.74) is 1.83. The van der Waals surface area contributed by atoms with Crippen LogP contribution in [0.5, 0.6) is 5.75 Å². The molecule has 0 spiro atoms. The highest BCUT2D eigenvalue weighted by Crippen LogP contribution is 2.20. The molecule has 0 aliphatic rings. The van der Waals surface area contributed by atoms with Crippen LogP contribution in [0.2, 0.25) is 0 Å². The van der Waals surface area contributed by atoms with E-state index in [2.05, 4.69) is 5.32 Å². The lowest BCUT2D eigenvalue weighted by atomic mass is 10.0. The van der Waals surface area contributed by atoms with Crippen LogP contribution in [-0.2, 0) is 14.6 Å². The maximum Gasteiger partial charge on any atom is 0.258 e. The molecule has 0 bridgehead atoms. The van der Waals surface area contributed by atoms with E-state index < -0.39 is 9.84 Å². The van der Waals surface area contributed by atoms with Crippen molar-refractivity contribution in [3.8, 4) is 5.75 Å². The van der Waals surface area contributed by atoms with Crippen molar-refractivity contribution in [2.45, 2.75) is 31.2 Å². The van der Waals surface area contributed by atoms with E-state index in [4.69, 9.17) is 4.74 Å². The molecule has 0 heterocycles. The van der Waals surface area contributed by atoms with E-state index >= 15 is 0 Å². The van der Waals surface area contributed by atoms with Crippen LogP contribution in [0, 0.1) is 6.92 Å². The zero-order valence-electron chi connectivity index (χ0n) is 14.7. The number of carbonyl (C=O) groups is 1. The molecule has 1 N–H and O–H groups in total. The summed E-state index contributed by atoms with van der Waals surface area (Å²) in [6.45, 7) is 3.81. The standard InChI is InChI=1S/C19H23NO4S/c1-4-17(15-9-11-16(12-10-15)25(3,22)23)20-19(21)13-24-18-8-6-5-7-14(18)2/h5-12,17H,4,13H2,1-3H3,(H,20,21). The van der Waals surface area contributed by atoms with Gasteiger partial charge in [-0.1, -0.05) is 37.3 Å². The van der Waals surface area contributed by atoms with Crippen molar-refractivity contribution in [3.63, 3.8) is 0 Å². The Kier molecular flexibility index (Phi) is 6.20. The summed E-state index contributed by atoms with van der Waals surface area (Å²) in [5.74, 6) is 0.463.